The van der Waals surface area contributed by atoms with Gasteiger partial charge in [-0.25, -0.2) is 0 Å². The van der Waals surface area contributed by atoms with E-state index in [0.29, 0.717) is 18.7 Å². The maximum atomic E-state index is 12.6. The van der Waals surface area contributed by atoms with Crippen LogP contribution in [0.15, 0.2) is 24.3 Å². The number of rotatable bonds is 5. The van der Waals surface area contributed by atoms with Crippen LogP contribution in [0.5, 0.6) is 0 Å². The van der Waals surface area contributed by atoms with Gasteiger partial charge in [0.1, 0.15) is 11.6 Å². The summed E-state index contributed by atoms with van der Waals surface area (Å²) < 4.78 is 2.29. The van der Waals surface area contributed by atoms with Gasteiger partial charge in [0.05, 0.1) is 13.1 Å². The van der Waals surface area contributed by atoms with E-state index in [9.17, 15) is 9.59 Å². The Kier molecular flexibility index (Phi) is 7.12. The molecule has 0 atom stereocenters. The molecule has 2 aliphatic rings. The maximum absolute atomic E-state index is 12.6. The summed E-state index contributed by atoms with van der Waals surface area (Å²) in [5.41, 5.74) is 1.79. The number of carbonyl (C=O) groups is 2. The van der Waals surface area contributed by atoms with E-state index in [0.717, 1.165) is 44.2 Å². The molecule has 2 aromatic rings. The van der Waals surface area contributed by atoms with E-state index < -0.39 is 0 Å². The molecule has 1 saturated heterocycles. The predicted octanol–water partition coefficient (Wildman–Crippen LogP) is 2.38. The van der Waals surface area contributed by atoms with Crippen LogP contribution in [0, 0.1) is 0 Å². The summed E-state index contributed by atoms with van der Waals surface area (Å²) in [7, 11) is 0. The van der Waals surface area contributed by atoms with Gasteiger partial charge in [0.25, 0.3) is 5.91 Å². The van der Waals surface area contributed by atoms with Crippen LogP contribution in [-0.2, 0) is 29.7 Å². The number of benzene rings is 1. The molecule has 2 aliphatic heterocycles. The molecule has 0 spiro atoms. The van der Waals surface area contributed by atoms with E-state index in [1.807, 2.05) is 29.2 Å². The molecule has 1 aromatic carbocycles. The second-order valence-electron chi connectivity index (χ2n) is 10.2. The van der Waals surface area contributed by atoms with Crippen LogP contribution >= 0.6 is 0 Å². The summed E-state index contributed by atoms with van der Waals surface area (Å²) in [6, 6.07) is 7.60. The van der Waals surface area contributed by atoms with Gasteiger partial charge in [-0.15, -0.1) is 10.2 Å². The number of aromatic nitrogens is 3. The Labute approximate surface area is 196 Å². The molecule has 1 aromatic heterocycles. The number of aryl methyl sites for hydroxylation is 1. The van der Waals surface area contributed by atoms with Crippen molar-refractivity contribution in [3.8, 4) is 0 Å². The Morgan fingerprint density at radius 1 is 0.939 bits per heavy atom. The van der Waals surface area contributed by atoms with Crippen LogP contribution in [0.1, 0.15) is 67.6 Å². The standard InChI is InChI=1S/C25H36N6O2/c1-25(2,3)20-10-8-19(9-11-20)24(33)26-17-23(32)30-15-13-29(14-16-30)18-22-28-27-21-7-5-4-6-12-31(21)22/h8-11H,4-7,12-18H2,1-3H3,(H,26,33). The monoisotopic (exact) mass is 452 g/mol. The SMILES string of the molecule is CC(C)(C)c1ccc(C(=O)NCC(=O)N2CCN(Cc3nnc4n3CCCCC4)CC2)cc1. The van der Waals surface area contributed by atoms with E-state index in [4.69, 9.17) is 0 Å². The minimum Gasteiger partial charge on any atom is -0.343 e. The van der Waals surface area contributed by atoms with Crippen molar-refractivity contribution in [2.75, 3.05) is 32.7 Å². The predicted molar refractivity (Wildman–Crippen MR) is 127 cm³/mol. The highest BCUT2D eigenvalue weighted by molar-refractivity contribution is 5.96. The van der Waals surface area contributed by atoms with Crippen LogP contribution in [0.25, 0.3) is 0 Å². The van der Waals surface area contributed by atoms with Crippen molar-refractivity contribution < 1.29 is 9.59 Å². The highest BCUT2D eigenvalue weighted by Crippen LogP contribution is 2.22. The molecule has 1 fully saturated rings. The largest absolute Gasteiger partial charge is 0.343 e. The number of nitrogens with zero attached hydrogens (tertiary/aromatic N) is 5. The molecular formula is C25H36N6O2. The molecular weight excluding hydrogens is 416 g/mol. The number of amides is 2. The zero-order chi connectivity index (χ0) is 23.4. The van der Waals surface area contributed by atoms with Gasteiger partial charge >= 0.3 is 0 Å². The fraction of sp³-hybridized carbons (Fsp3) is 0.600. The lowest BCUT2D eigenvalue weighted by molar-refractivity contribution is -0.131. The molecule has 0 unspecified atom stereocenters. The summed E-state index contributed by atoms with van der Waals surface area (Å²) in [5.74, 6) is 1.90. The summed E-state index contributed by atoms with van der Waals surface area (Å²) in [6.07, 6.45) is 4.65. The lowest BCUT2D eigenvalue weighted by atomic mass is 9.87. The zero-order valence-corrected chi connectivity index (χ0v) is 20.1. The minimum atomic E-state index is -0.213. The molecule has 4 rings (SSSR count). The van der Waals surface area contributed by atoms with Crippen molar-refractivity contribution in [1.82, 2.24) is 29.9 Å². The van der Waals surface area contributed by atoms with Crippen LogP contribution in [0.2, 0.25) is 0 Å². The van der Waals surface area contributed by atoms with Gasteiger partial charge in [0.15, 0.2) is 0 Å². The minimum absolute atomic E-state index is 0.0253. The Bertz CT molecular complexity index is 968. The van der Waals surface area contributed by atoms with Crippen molar-refractivity contribution in [2.24, 2.45) is 0 Å². The second kappa shape index (κ2) is 10.0. The third kappa shape index (κ3) is 5.79. The zero-order valence-electron chi connectivity index (χ0n) is 20.1. The molecule has 2 amide bonds. The Hall–Kier alpha value is -2.74. The van der Waals surface area contributed by atoms with Gasteiger partial charge in [0.2, 0.25) is 5.91 Å². The van der Waals surface area contributed by atoms with E-state index in [1.165, 1.54) is 24.8 Å². The van der Waals surface area contributed by atoms with E-state index in [1.54, 1.807) is 0 Å². The molecule has 8 heteroatoms. The average Bonchev–Trinajstić information content (AvgIpc) is 3.02. The normalized spacial score (nSPS) is 17.4. The Balaban J connectivity index is 1.23. The van der Waals surface area contributed by atoms with Gasteiger partial charge in [-0.2, -0.15) is 0 Å². The molecule has 8 nitrogen and oxygen atoms in total. The Morgan fingerprint density at radius 3 is 2.36 bits per heavy atom. The summed E-state index contributed by atoms with van der Waals surface area (Å²) in [5, 5.41) is 11.6. The molecule has 178 valence electrons. The average molecular weight is 453 g/mol. The van der Waals surface area contributed by atoms with Gasteiger partial charge in [-0.05, 0) is 36.0 Å². The first-order valence-corrected chi connectivity index (χ1v) is 12.1. The summed E-state index contributed by atoms with van der Waals surface area (Å²) in [4.78, 5) is 29.3. The molecule has 0 radical (unpaired) electrons. The highest BCUT2D eigenvalue weighted by atomic mass is 16.2. The van der Waals surface area contributed by atoms with Crippen molar-refractivity contribution in [2.45, 2.75) is 65.0 Å². The van der Waals surface area contributed by atoms with Gasteiger partial charge in [0, 0.05) is 44.7 Å². The molecule has 0 aliphatic carbocycles. The van der Waals surface area contributed by atoms with Crippen molar-refractivity contribution in [3.63, 3.8) is 0 Å². The van der Waals surface area contributed by atoms with Crippen molar-refractivity contribution in [1.29, 1.82) is 0 Å². The number of carbonyl (C=O) groups excluding carboxylic acids is 2. The third-order valence-corrected chi connectivity index (χ3v) is 6.69. The van der Waals surface area contributed by atoms with Gasteiger partial charge in [-0.1, -0.05) is 39.3 Å². The summed E-state index contributed by atoms with van der Waals surface area (Å²) >= 11 is 0. The number of hydrogen-bond donors (Lipinski definition) is 1. The fourth-order valence-corrected chi connectivity index (χ4v) is 4.51. The van der Waals surface area contributed by atoms with Crippen LogP contribution in [-0.4, -0.2) is 69.1 Å². The summed E-state index contributed by atoms with van der Waals surface area (Å²) in [6.45, 7) is 11.2. The third-order valence-electron chi connectivity index (χ3n) is 6.69. The molecule has 1 N–H and O–H groups in total. The lowest BCUT2D eigenvalue weighted by Gasteiger charge is -2.34. The van der Waals surface area contributed by atoms with Gasteiger partial charge < -0.3 is 14.8 Å². The smallest absolute Gasteiger partial charge is 0.251 e. The first kappa shape index (κ1) is 23.4. The lowest BCUT2D eigenvalue weighted by Crippen LogP contribution is -2.51. The Morgan fingerprint density at radius 2 is 1.67 bits per heavy atom. The topological polar surface area (TPSA) is 83.4 Å². The molecule has 3 heterocycles. The van der Waals surface area contributed by atoms with Crippen LogP contribution in [0.4, 0.5) is 0 Å². The number of hydrogen-bond acceptors (Lipinski definition) is 5. The van der Waals surface area contributed by atoms with Crippen LogP contribution in [0.3, 0.4) is 0 Å². The van der Waals surface area contributed by atoms with Crippen molar-refractivity contribution >= 4 is 11.8 Å². The highest BCUT2D eigenvalue weighted by Gasteiger charge is 2.24. The quantitative estimate of drug-likeness (QED) is 0.753. The number of fused-ring (bicyclic) bond motifs is 1. The first-order chi connectivity index (χ1) is 15.8. The van der Waals surface area contributed by atoms with Crippen molar-refractivity contribution in [3.05, 3.63) is 47.0 Å². The molecule has 0 saturated carbocycles. The number of nitrogens with one attached hydrogen (secondary N) is 1. The van der Waals surface area contributed by atoms with E-state index >= 15 is 0 Å². The fourth-order valence-electron chi connectivity index (χ4n) is 4.51. The second-order valence-corrected chi connectivity index (χ2v) is 10.2. The van der Waals surface area contributed by atoms with Gasteiger partial charge in [-0.3, -0.25) is 14.5 Å². The molecule has 0 bridgehead atoms. The van der Waals surface area contributed by atoms with E-state index in [2.05, 4.69) is 45.8 Å². The molecule has 33 heavy (non-hydrogen) atoms. The maximum Gasteiger partial charge on any atom is 0.251 e. The number of piperazine rings is 1. The first-order valence-electron chi connectivity index (χ1n) is 12.1. The van der Waals surface area contributed by atoms with Crippen LogP contribution < -0.4 is 5.32 Å². The van der Waals surface area contributed by atoms with E-state index in [-0.39, 0.29) is 23.8 Å².